The molecule has 0 amide bonds. The normalized spacial score (nSPS) is 11.3. The summed E-state index contributed by atoms with van der Waals surface area (Å²) in [4.78, 5) is 4.23. The topological polar surface area (TPSA) is 55.9 Å². The Labute approximate surface area is 101 Å². The standard InChI is InChI=1S/C12H18N4O/c1-9(2)4-13-7-12-14-6-11(17-12)10-5-15-16(3)8-10/h5-6,8-9,13H,4,7H2,1-3H3. The van der Waals surface area contributed by atoms with Gasteiger partial charge in [-0.15, -0.1) is 0 Å². The van der Waals surface area contributed by atoms with Gasteiger partial charge >= 0.3 is 0 Å². The van der Waals surface area contributed by atoms with Crippen molar-refractivity contribution in [2.75, 3.05) is 6.54 Å². The van der Waals surface area contributed by atoms with E-state index in [0.717, 1.165) is 17.9 Å². The lowest BCUT2D eigenvalue weighted by Gasteiger charge is -2.03. The fourth-order valence-corrected chi connectivity index (χ4v) is 1.54. The van der Waals surface area contributed by atoms with Crippen LogP contribution in [-0.2, 0) is 13.6 Å². The van der Waals surface area contributed by atoms with E-state index >= 15 is 0 Å². The maximum Gasteiger partial charge on any atom is 0.208 e. The van der Waals surface area contributed by atoms with Crippen LogP contribution >= 0.6 is 0 Å². The van der Waals surface area contributed by atoms with E-state index in [4.69, 9.17) is 4.42 Å². The summed E-state index contributed by atoms with van der Waals surface area (Å²) in [5.74, 6) is 2.10. The predicted octanol–water partition coefficient (Wildman–Crippen LogP) is 1.82. The molecule has 2 aromatic heterocycles. The van der Waals surface area contributed by atoms with Crippen LogP contribution in [0, 0.1) is 5.92 Å². The summed E-state index contributed by atoms with van der Waals surface area (Å²) in [6.07, 6.45) is 5.42. The molecule has 0 aliphatic heterocycles. The third-order valence-corrected chi connectivity index (χ3v) is 2.37. The molecule has 0 aliphatic carbocycles. The van der Waals surface area contributed by atoms with Gasteiger partial charge in [0.25, 0.3) is 0 Å². The first-order valence-electron chi connectivity index (χ1n) is 5.79. The number of aromatic nitrogens is 3. The highest BCUT2D eigenvalue weighted by Gasteiger charge is 2.07. The average molecular weight is 234 g/mol. The molecule has 0 saturated heterocycles. The molecule has 17 heavy (non-hydrogen) atoms. The summed E-state index contributed by atoms with van der Waals surface area (Å²) in [5.41, 5.74) is 0.954. The second-order valence-corrected chi connectivity index (χ2v) is 4.55. The lowest BCUT2D eigenvalue weighted by atomic mass is 10.2. The van der Waals surface area contributed by atoms with Crippen molar-refractivity contribution in [1.82, 2.24) is 20.1 Å². The van der Waals surface area contributed by atoms with Gasteiger partial charge in [0.15, 0.2) is 5.76 Å². The van der Waals surface area contributed by atoms with Crippen LogP contribution in [0.2, 0.25) is 0 Å². The zero-order valence-corrected chi connectivity index (χ0v) is 10.5. The maximum absolute atomic E-state index is 5.64. The Morgan fingerprint density at radius 2 is 2.24 bits per heavy atom. The molecule has 5 nitrogen and oxygen atoms in total. The van der Waals surface area contributed by atoms with E-state index in [0.29, 0.717) is 18.4 Å². The van der Waals surface area contributed by atoms with Crippen molar-refractivity contribution >= 4 is 0 Å². The van der Waals surface area contributed by atoms with Crippen LogP contribution in [-0.4, -0.2) is 21.3 Å². The van der Waals surface area contributed by atoms with E-state index in [1.807, 2.05) is 13.2 Å². The monoisotopic (exact) mass is 234 g/mol. The van der Waals surface area contributed by atoms with Crippen LogP contribution in [0.4, 0.5) is 0 Å². The largest absolute Gasteiger partial charge is 0.439 e. The molecule has 92 valence electrons. The summed E-state index contributed by atoms with van der Waals surface area (Å²) in [5, 5.41) is 7.39. The second kappa shape index (κ2) is 5.14. The summed E-state index contributed by atoms with van der Waals surface area (Å²) < 4.78 is 7.38. The van der Waals surface area contributed by atoms with Gasteiger partial charge in [-0.25, -0.2) is 4.98 Å². The van der Waals surface area contributed by atoms with Crippen LogP contribution in [0.3, 0.4) is 0 Å². The van der Waals surface area contributed by atoms with Gasteiger partial charge < -0.3 is 9.73 Å². The van der Waals surface area contributed by atoms with Gasteiger partial charge in [-0.05, 0) is 12.5 Å². The molecular formula is C12H18N4O. The lowest BCUT2D eigenvalue weighted by Crippen LogP contribution is -2.18. The van der Waals surface area contributed by atoms with Crippen molar-refractivity contribution in [2.45, 2.75) is 20.4 Å². The van der Waals surface area contributed by atoms with Gasteiger partial charge in [-0.2, -0.15) is 5.10 Å². The third-order valence-electron chi connectivity index (χ3n) is 2.37. The molecule has 0 aromatic carbocycles. The first kappa shape index (κ1) is 11.9. The average Bonchev–Trinajstić information content (AvgIpc) is 2.86. The molecule has 0 unspecified atom stereocenters. The van der Waals surface area contributed by atoms with E-state index in [1.54, 1.807) is 17.1 Å². The highest BCUT2D eigenvalue weighted by Crippen LogP contribution is 2.18. The van der Waals surface area contributed by atoms with E-state index < -0.39 is 0 Å². The van der Waals surface area contributed by atoms with E-state index in [1.165, 1.54) is 0 Å². The molecule has 1 N–H and O–H groups in total. The Bertz CT molecular complexity index is 472. The van der Waals surface area contributed by atoms with E-state index in [9.17, 15) is 0 Å². The minimum Gasteiger partial charge on any atom is -0.439 e. The Hall–Kier alpha value is -1.62. The molecule has 2 heterocycles. The fourth-order valence-electron chi connectivity index (χ4n) is 1.54. The molecule has 0 spiro atoms. The third kappa shape index (κ3) is 3.17. The van der Waals surface area contributed by atoms with Crippen LogP contribution < -0.4 is 5.32 Å². The SMILES string of the molecule is CC(C)CNCc1ncc(-c2cnn(C)c2)o1. The molecule has 0 saturated carbocycles. The first-order valence-corrected chi connectivity index (χ1v) is 5.79. The Morgan fingerprint density at radius 3 is 2.88 bits per heavy atom. The Morgan fingerprint density at radius 1 is 1.41 bits per heavy atom. The van der Waals surface area contributed by atoms with Crippen molar-refractivity contribution in [2.24, 2.45) is 13.0 Å². The fraction of sp³-hybridized carbons (Fsp3) is 0.500. The number of aryl methyl sites for hydroxylation is 1. The molecule has 0 fully saturated rings. The summed E-state index contributed by atoms with van der Waals surface area (Å²) in [7, 11) is 1.88. The summed E-state index contributed by atoms with van der Waals surface area (Å²) in [6, 6.07) is 0. The molecule has 2 aromatic rings. The first-order chi connectivity index (χ1) is 8.15. The smallest absolute Gasteiger partial charge is 0.208 e. The van der Waals surface area contributed by atoms with Crippen molar-refractivity contribution in [3.63, 3.8) is 0 Å². The molecule has 0 aliphatic rings. The molecule has 0 bridgehead atoms. The van der Waals surface area contributed by atoms with Crippen LogP contribution in [0.15, 0.2) is 23.0 Å². The van der Waals surface area contributed by atoms with Gasteiger partial charge in [0.05, 0.1) is 24.5 Å². The van der Waals surface area contributed by atoms with Crippen LogP contribution in [0.25, 0.3) is 11.3 Å². The van der Waals surface area contributed by atoms with Gasteiger partial charge in [0.2, 0.25) is 5.89 Å². The van der Waals surface area contributed by atoms with Gasteiger partial charge in [0, 0.05) is 13.2 Å². The van der Waals surface area contributed by atoms with Crippen molar-refractivity contribution in [3.05, 3.63) is 24.5 Å². The van der Waals surface area contributed by atoms with Crippen LogP contribution in [0.5, 0.6) is 0 Å². The molecule has 0 radical (unpaired) electrons. The Kier molecular flexibility index (Phi) is 3.58. The number of oxazole rings is 1. The highest BCUT2D eigenvalue weighted by atomic mass is 16.4. The van der Waals surface area contributed by atoms with E-state index in [2.05, 4.69) is 29.2 Å². The van der Waals surface area contributed by atoms with Crippen molar-refractivity contribution in [1.29, 1.82) is 0 Å². The molecule has 0 atom stereocenters. The minimum absolute atomic E-state index is 0.628. The second-order valence-electron chi connectivity index (χ2n) is 4.55. The van der Waals surface area contributed by atoms with Gasteiger partial charge in [-0.1, -0.05) is 13.8 Å². The number of nitrogens with one attached hydrogen (secondary N) is 1. The van der Waals surface area contributed by atoms with E-state index in [-0.39, 0.29) is 0 Å². The van der Waals surface area contributed by atoms with Crippen molar-refractivity contribution in [3.8, 4) is 11.3 Å². The van der Waals surface area contributed by atoms with Gasteiger partial charge in [-0.3, -0.25) is 4.68 Å². The summed E-state index contributed by atoms with van der Waals surface area (Å²) in [6.45, 7) is 5.97. The number of nitrogens with zero attached hydrogens (tertiary/aromatic N) is 3. The lowest BCUT2D eigenvalue weighted by molar-refractivity contribution is 0.459. The quantitative estimate of drug-likeness (QED) is 0.857. The minimum atomic E-state index is 0.628. The molecule has 2 rings (SSSR count). The number of hydrogen-bond donors (Lipinski definition) is 1. The summed E-state index contributed by atoms with van der Waals surface area (Å²) >= 11 is 0. The Balaban J connectivity index is 1.96. The van der Waals surface area contributed by atoms with Crippen LogP contribution in [0.1, 0.15) is 19.7 Å². The van der Waals surface area contributed by atoms with Gasteiger partial charge in [0.1, 0.15) is 0 Å². The predicted molar refractivity (Wildman–Crippen MR) is 65.2 cm³/mol. The van der Waals surface area contributed by atoms with Crippen molar-refractivity contribution < 1.29 is 4.42 Å². The zero-order valence-electron chi connectivity index (χ0n) is 10.5. The molecule has 5 heteroatoms. The highest BCUT2D eigenvalue weighted by molar-refractivity contribution is 5.53. The number of hydrogen-bond acceptors (Lipinski definition) is 4. The zero-order chi connectivity index (χ0) is 12.3. The maximum atomic E-state index is 5.64. The molecular weight excluding hydrogens is 216 g/mol. The number of rotatable bonds is 5.